The van der Waals surface area contributed by atoms with E-state index < -0.39 is 0 Å². The van der Waals surface area contributed by atoms with Crippen molar-refractivity contribution >= 4 is 40.6 Å². The first kappa shape index (κ1) is 19.4. The van der Waals surface area contributed by atoms with E-state index in [0.29, 0.717) is 16.9 Å². The van der Waals surface area contributed by atoms with Gasteiger partial charge in [0.2, 0.25) is 11.8 Å². The second-order valence-corrected chi connectivity index (χ2v) is 9.12. The zero-order valence-electron chi connectivity index (χ0n) is 15.1. The lowest BCUT2D eigenvalue weighted by Crippen LogP contribution is -2.48. The van der Waals surface area contributed by atoms with Gasteiger partial charge in [-0.2, -0.15) is 0 Å². The molecule has 0 aliphatic carbocycles. The largest absolute Gasteiger partial charge is 0.411 e. The molecule has 6 nitrogen and oxygen atoms in total. The molecule has 0 spiro atoms. The van der Waals surface area contributed by atoms with Crippen molar-refractivity contribution in [3.05, 3.63) is 51.7 Å². The van der Waals surface area contributed by atoms with Crippen molar-refractivity contribution in [1.82, 2.24) is 20.0 Å². The third-order valence-electron chi connectivity index (χ3n) is 4.48. The maximum atomic E-state index is 12.5. The number of hydrogen-bond acceptors (Lipinski definition) is 7. The number of rotatable bonds is 6. The van der Waals surface area contributed by atoms with E-state index in [1.807, 2.05) is 41.3 Å². The van der Waals surface area contributed by atoms with E-state index in [4.69, 9.17) is 16.0 Å². The molecule has 0 N–H and O–H groups in total. The highest BCUT2D eigenvalue weighted by Gasteiger charge is 2.22. The number of nitrogens with zero attached hydrogens (tertiary/aromatic N) is 4. The Bertz CT molecular complexity index is 923. The molecule has 146 valence electrons. The summed E-state index contributed by atoms with van der Waals surface area (Å²) in [5, 5.41) is 8.50. The van der Waals surface area contributed by atoms with Gasteiger partial charge in [0.05, 0.1) is 10.1 Å². The van der Waals surface area contributed by atoms with Gasteiger partial charge in [0, 0.05) is 43.2 Å². The molecule has 1 saturated heterocycles. The normalized spacial score (nSPS) is 15.1. The molecule has 0 saturated carbocycles. The van der Waals surface area contributed by atoms with Gasteiger partial charge in [0.25, 0.3) is 5.22 Å². The Labute approximate surface area is 176 Å². The molecule has 1 fully saturated rings. The fourth-order valence-electron chi connectivity index (χ4n) is 2.99. The Morgan fingerprint density at radius 2 is 1.89 bits per heavy atom. The third kappa shape index (κ3) is 4.94. The summed E-state index contributed by atoms with van der Waals surface area (Å²) >= 11 is 8.89. The molecule has 1 aliphatic heterocycles. The summed E-state index contributed by atoms with van der Waals surface area (Å²) in [5.74, 6) is 0.873. The smallest absolute Gasteiger partial charge is 0.277 e. The molecule has 0 unspecified atom stereocenters. The van der Waals surface area contributed by atoms with Crippen molar-refractivity contribution in [2.45, 2.75) is 11.8 Å². The van der Waals surface area contributed by atoms with Gasteiger partial charge in [-0.25, -0.2) is 0 Å². The molecular formula is C19H19ClN4O2S2. The van der Waals surface area contributed by atoms with Crippen molar-refractivity contribution in [2.24, 2.45) is 0 Å². The number of halogens is 1. The van der Waals surface area contributed by atoms with Crippen LogP contribution >= 0.6 is 34.7 Å². The number of aromatic nitrogens is 2. The average molecular weight is 435 g/mol. The molecule has 0 bridgehead atoms. The minimum absolute atomic E-state index is 0.100. The fourth-order valence-corrected chi connectivity index (χ4v) is 4.79. The summed E-state index contributed by atoms with van der Waals surface area (Å²) in [6, 6.07) is 13.6. The molecule has 1 aromatic carbocycles. The highest BCUT2D eigenvalue weighted by atomic mass is 35.5. The standard InChI is InChI=1S/C19H19ClN4O2S2/c20-16-7-6-15(28-16)12-23-8-10-24(11-9-23)17(25)13-27-19-22-21-18(26-19)14-4-2-1-3-5-14/h1-7H,8-13H2. The Morgan fingerprint density at radius 3 is 2.61 bits per heavy atom. The molecule has 4 rings (SSSR count). The zero-order valence-corrected chi connectivity index (χ0v) is 17.5. The first-order valence-corrected chi connectivity index (χ1v) is 11.1. The Morgan fingerprint density at radius 1 is 1.11 bits per heavy atom. The number of thiophene rings is 1. The molecule has 3 aromatic rings. The van der Waals surface area contributed by atoms with Crippen LogP contribution in [0.25, 0.3) is 11.5 Å². The van der Waals surface area contributed by atoms with Crippen LogP contribution in [0.1, 0.15) is 4.88 Å². The van der Waals surface area contributed by atoms with Crippen molar-refractivity contribution in [3.63, 3.8) is 0 Å². The Hall–Kier alpha value is -1.87. The van der Waals surface area contributed by atoms with Crippen LogP contribution in [0.5, 0.6) is 0 Å². The van der Waals surface area contributed by atoms with Crippen LogP contribution in [0.2, 0.25) is 4.34 Å². The first-order valence-electron chi connectivity index (χ1n) is 8.93. The summed E-state index contributed by atoms with van der Waals surface area (Å²) < 4.78 is 6.46. The van der Waals surface area contributed by atoms with Gasteiger partial charge >= 0.3 is 0 Å². The van der Waals surface area contributed by atoms with Crippen LogP contribution in [-0.4, -0.2) is 57.8 Å². The molecule has 0 atom stereocenters. The maximum absolute atomic E-state index is 12.5. The van der Waals surface area contributed by atoms with Crippen molar-refractivity contribution in [3.8, 4) is 11.5 Å². The van der Waals surface area contributed by atoms with E-state index in [1.165, 1.54) is 16.6 Å². The summed E-state index contributed by atoms with van der Waals surface area (Å²) in [4.78, 5) is 18.0. The number of piperazine rings is 1. The van der Waals surface area contributed by atoms with Crippen LogP contribution in [0.4, 0.5) is 0 Å². The fraction of sp³-hybridized carbons (Fsp3) is 0.316. The zero-order chi connectivity index (χ0) is 19.3. The highest BCUT2D eigenvalue weighted by Crippen LogP contribution is 2.24. The Kier molecular flexibility index (Phi) is 6.31. The minimum Gasteiger partial charge on any atom is -0.411 e. The molecule has 1 amide bonds. The van der Waals surface area contributed by atoms with Crippen LogP contribution in [0, 0.1) is 0 Å². The third-order valence-corrected chi connectivity index (χ3v) is 6.50. The molecule has 2 aromatic heterocycles. The van der Waals surface area contributed by atoms with Gasteiger partial charge < -0.3 is 9.32 Å². The molecular weight excluding hydrogens is 416 g/mol. The number of benzene rings is 1. The summed E-state index contributed by atoms with van der Waals surface area (Å²) in [5.41, 5.74) is 0.872. The lowest BCUT2D eigenvalue weighted by molar-refractivity contribution is -0.130. The molecule has 9 heteroatoms. The lowest BCUT2D eigenvalue weighted by Gasteiger charge is -2.34. The quantitative estimate of drug-likeness (QED) is 0.548. The van der Waals surface area contributed by atoms with Crippen LogP contribution < -0.4 is 0 Å². The number of amides is 1. The summed E-state index contributed by atoms with van der Waals surface area (Å²) in [6.07, 6.45) is 0. The van der Waals surface area contributed by atoms with Gasteiger partial charge in [-0.1, -0.05) is 41.6 Å². The van der Waals surface area contributed by atoms with Crippen molar-refractivity contribution in [1.29, 1.82) is 0 Å². The summed E-state index contributed by atoms with van der Waals surface area (Å²) in [6.45, 7) is 4.09. The highest BCUT2D eigenvalue weighted by molar-refractivity contribution is 7.99. The van der Waals surface area contributed by atoms with Gasteiger partial charge in [0.1, 0.15) is 0 Å². The lowest BCUT2D eigenvalue weighted by atomic mass is 10.2. The van der Waals surface area contributed by atoms with Gasteiger partial charge in [-0.05, 0) is 24.3 Å². The predicted octanol–water partition coefficient (Wildman–Crippen LogP) is 3.89. The monoisotopic (exact) mass is 434 g/mol. The number of carbonyl (C=O) groups excluding carboxylic acids is 1. The minimum atomic E-state index is 0.100. The number of thioether (sulfide) groups is 1. The van der Waals surface area contributed by atoms with E-state index in [9.17, 15) is 4.79 Å². The average Bonchev–Trinajstić information content (AvgIpc) is 3.36. The second-order valence-electron chi connectivity index (χ2n) is 6.39. The topological polar surface area (TPSA) is 62.5 Å². The van der Waals surface area contributed by atoms with E-state index in [0.717, 1.165) is 42.6 Å². The first-order chi connectivity index (χ1) is 13.7. The number of hydrogen-bond donors (Lipinski definition) is 0. The van der Waals surface area contributed by atoms with Crippen LogP contribution in [-0.2, 0) is 11.3 Å². The molecule has 1 aliphatic rings. The second kappa shape index (κ2) is 9.09. The van der Waals surface area contributed by atoms with E-state index in [1.54, 1.807) is 11.3 Å². The van der Waals surface area contributed by atoms with Gasteiger partial charge in [-0.15, -0.1) is 21.5 Å². The predicted molar refractivity (Wildman–Crippen MR) is 112 cm³/mol. The van der Waals surface area contributed by atoms with E-state index in [2.05, 4.69) is 21.2 Å². The van der Waals surface area contributed by atoms with Crippen molar-refractivity contribution < 1.29 is 9.21 Å². The molecule has 0 radical (unpaired) electrons. The molecule has 3 heterocycles. The van der Waals surface area contributed by atoms with Crippen LogP contribution in [0.15, 0.2) is 52.1 Å². The Balaban J connectivity index is 1.23. The SMILES string of the molecule is O=C(CSc1nnc(-c2ccccc2)o1)N1CCN(Cc2ccc(Cl)s2)CC1. The molecule has 28 heavy (non-hydrogen) atoms. The van der Waals surface area contributed by atoms with Gasteiger partial charge in [0.15, 0.2) is 0 Å². The van der Waals surface area contributed by atoms with Gasteiger partial charge in [-0.3, -0.25) is 9.69 Å². The van der Waals surface area contributed by atoms with Crippen LogP contribution in [0.3, 0.4) is 0 Å². The van der Waals surface area contributed by atoms with Crippen molar-refractivity contribution in [2.75, 3.05) is 31.9 Å². The van der Waals surface area contributed by atoms with E-state index >= 15 is 0 Å². The number of carbonyl (C=O) groups is 1. The maximum Gasteiger partial charge on any atom is 0.277 e. The summed E-state index contributed by atoms with van der Waals surface area (Å²) in [7, 11) is 0. The van der Waals surface area contributed by atoms with E-state index in [-0.39, 0.29) is 5.91 Å².